The minimum atomic E-state index is -0.0621. The third kappa shape index (κ3) is 2.58. The van der Waals surface area contributed by atoms with Gasteiger partial charge in [-0.25, -0.2) is 0 Å². The molecule has 4 nitrogen and oxygen atoms in total. The van der Waals surface area contributed by atoms with E-state index in [0.29, 0.717) is 6.54 Å². The van der Waals surface area contributed by atoms with Crippen LogP contribution in [-0.2, 0) is 17.2 Å². The van der Waals surface area contributed by atoms with Crippen LogP contribution in [0, 0.1) is 0 Å². The lowest BCUT2D eigenvalue weighted by Crippen LogP contribution is -2.20. The maximum atomic E-state index is 5.67. The summed E-state index contributed by atoms with van der Waals surface area (Å²) in [6, 6.07) is 0. The number of aromatic nitrogens is 2. The smallest absolute Gasteiger partial charge is 0.0976 e. The molecule has 0 bridgehead atoms. The Labute approximate surface area is 91.4 Å². The zero-order valence-electron chi connectivity index (χ0n) is 10.2. The van der Waals surface area contributed by atoms with Crippen LogP contribution in [0.3, 0.4) is 0 Å². The molecule has 0 spiro atoms. The van der Waals surface area contributed by atoms with E-state index in [9.17, 15) is 0 Å². The van der Waals surface area contributed by atoms with E-state index in [4.69, 9.17) is 10.5 Å². The van der Waals surface area contributed by atoms with Gasteiger partial charge in [-0.05, 0) is 0 Å². The molecule has 1 atom stereocenters. The molecule has 0 radical (unpaired) electrons. The average molecular weight is 211 g/mol. The van der Waals surface area contributed by atoms with Gasteiger partial charge in [0, 0.05) is 37.9 Å². The topological polar surface area (TPSA) is 53.1 Å². The first kappa shape index (κ1) is 12.2. The fraction of sp³-hybridized carbons (Fsp3) is 0.727. The Morgan fingerprint density at radius 1 is 1.53 bits per heavy atom. The maximum absolute atomic E-state index is 5.67. The van der Waals surface area contributed by atoms with E-state index < -0.39 is 0 Å². The number of rotatable bonds is 3. The van der Waals surface area contributed by atoms with Crippen molar-refractivity contribution in [2.24, 2.45) is 12.8 Å². The third-order valence-electron chi connectivity index (χ3n) is 2.41. The second-order valence-corrected chi connectivity index (χ2v) is 4.82. The Bertz CT molecular complexity index is 321. The zero-order chi connectivity index (χ0) is 11.6. The van der Waals surface area contributed by atoms with Crippen molar-refractivity contribution >= 4 is 0 Å². The van der Waals surface area contributed by atoms with Gasteiger partial charge in [-0.1, -0.05) is 20.8 Å². The van der Waals surface area contributed by atoms with Crippen LogP contribution in [0.2, 0.25) is 0 Å². The molecule has 1 unspecified atom stereocenters. The second kappa shape index (κ2) is 4.33. The molecule has 0 amide bonds. The molecule has 0 aromatic carbocycles. The third-order valence-corrected chi connectivity index (χ3v) is 2.41. The van der Waals surface area contributed by atoms with Gasteiger partial charge in [-0.2, -0.15) is 5.10 Å². The summed E-state index contributed by atoms with van der Waals surface area (Å²) in [5.74, 6) is 0. The van der Waals surface area contributed by atoms with Gasteiger partial charge < -0.3 is 10.5 Å². The van der Waals surface area contributed by atoms with Crippen LogP contribution in [-0.4, -0.2) is 23.4 Å². The normalized spacial score (nSPS) is 14.3. The molecule has 0 fully saturated rings. The molecule has 15 heavy (non-hydrogen) atoms. The molecule has 0 aliphatic rings. The first-order valence-electron chi connectivity index (χ1n) is 5.17. The molecule has 0 saturated carbocycles. The van der Waals surface area contributed by atoms with Gasteiger partial charge in [-0.15, -0.1) is 0 Å². The Morgan fingerprint density at radius 3 is 2.53 bits per heavy atom. The number of ether oxygens (including phenoxy) is 1. The molecule has 0 saturated heterocycles. The van der Waals surface area contributed by atoms with Crippen molar-refractivity contribution in [3.63, 3.8) is 0 Å². The Kier molecular flexibility index (Phi) is 3.52. The molecule has 1 heterocycles. The highest BCUT2D eigenvalue weighted by atomic mass is 16.5. The quantitative estimate of drug-likeness (QED) is 0.821. The highest BCUT2D eigenvalue weighted by Crippen LogP contribution is 2.29. The molecule has 1 rings (SSSR count). The summed E-state index contributed by atoms with van der Waals surface area (Å²) < 4.78 is 7.17. The maximum Gasteiger partial charge on any atom is 0.0976 e. The highest BCUT2D eigenvalue weighted by molar-refractivity contribution is 5.26. The van der Waals surface area contributed by atoms with Crippen molar-refractivity contribution in [2.75, 3.05) is 13.7 Å². The van der Waals surface area contributed by atoms with Crippen molar-refractivity contribution in [1.82, 2.24) is 9.78 Å². The monoisotopic (exact) mass is 211 g/mol. The molecule has 2 N–H and O–H groups in total. The van der Waals surface area contributed by atoms with E-state index in [1.165, 1.54) is 0 Å². The van der Waals surface area contributed by atoms with Crippen molar-refractivity contribution < 1.29 is 4.74 Å². The first-order valence-corrected chi connectivity index (χ1v) is 5.17. The van der Waals surface area contributed by atoms with E-state index in [0.717, 1.165) is 11.3 Å². The summed E-state index contributed by atoms with van der Waals surface area (Å²) in [5.41, 5.74) is 7.84. The number of hydrogen-bond acceptors (Lipinski definition) is 3. The molecule has 0 aliphatic heterocycles. The number of nitrogens with two attached hydrogens (primary N) is 1. The first-order chi connectivity index (χ1) is 6.90. The Balaban J connectivity index is 3.16. The standard InChI is InChI=1S/C11H21N3O/c1-11(2,3)10-8(7-14(4)13-10)9(6-12)15-5/h7,9H,6,12H2,1-5H3. The van der Waals surface area contributed by atoms with E-state index in [1.807, 2.05) is 17.9 Å². The fourth-order valence-corrected chi connectivity index (χ4v) is 1.68. The summed E-state index contributed by atoms with van der Waals surface area (Å²) in [7, 11) is 3.60. The van der Waals surface area contributed by atoms with Crippen molar-refractivity contribution in [2.45, 2.75) is 32.3 Å². The van der Waals surface area contributed by atoms with Gasteiger partial charge in [0.15, 0.2) is 0 Å². The molecule has 0 aliphatic carbocycles. The van der Waals surface area contributed by atoms with Gasteiger partial charge in [0.25, 0.3) is 0 Å². The van der Waals surface area contributed by atoms with E-state index in [1.54, 1.807) is 7.11 Å². The minimum Gasteiger partial charge on any atom is -0.375 e. The average Bonchev–Trinajstić information content (AvgIpc) is 2.49. The lowest BCUT2D eigenvalue weighted by atomic mass is 9.88. The van der Waals surface area contributed by atoms with Crippen LogP contribution < -0.4 is 5.73 Å². The van der Waals surface area contributed by atoms with E-state index >= 15 is 0 Å². The fourth-order valence-electron chi connectivity index (χ4n) is 1.68. The molecular formula is C11H21N3O. The van der Waals surface area contributed by atoms with Gasteiger partial charge in [-0.3, -0.25) is 4.68 Å². The van der Waals surface area contributed by atoms with Crippen LogP contribution in [0.4, 0.5) is 0 Å². The van der Waals surface area contributed by atoms with Crippen molar-refractivity contribution in [3.05, 3.63) is 17.5 Å². The SMILES string of the molecule is COC(CN)c1cn(C)nc1C(C)(C)C. The lowest BCUT2D eigenvalue weighted by Gasteiger charge is -2.20. The zero-order valence-corrected chi connectivity index (χ0v) is 10.2. The van der Waals surface area contributed by atoms with Crippen molar-refractivity contribution in [3.8, 4) is 0 Å². The largest absolute Gasteiger partial charge is 0.375 e. The molecule has 4 heteroatoms. The van der Waals surface area contributed by atoms with Crippen LogP contribution in [0.1, 0.15) is 38.1 Å². The number of methoxy groups -OCH3 is 1. The number of nitrogens with zero attached hydrogens (tertiary/aromatic N) is 2. The van der Waals surface area contributed by atoms with Crippen LogP contribution in [0.5, 0.6) is 0 Å². The number of aryl methyl sites for hydroxylation is 1. The summed E-state index contributed by atoms with van der Waals surface area (Å²) in [4.78, 5) is 0. The van der Waals surface area contributed by atoms with Crippen LogP contribution >= 0.6 is 0 Å². The van der Waals surface area contributed by atoms with Gasteiger partial charge in [0.2, 0.25) is 0 Å². The predicted molar refractivity (Wildman–Crippen MR) is 60.7 cm³/mol. The van der Waals surface area contributed by atoms with Crippen LogP contribution in [0.15, 0.2) is 6.20 Å². The summed E-state index contributed by atoms with van der Waals surface area (Å²) in [6.45, 7) is 6.90. The molecular weight excluding hydrogens is 190 g/mol. The van der Waals surface area contributed by atoms with Gasteiger partial charge in [0.1, 0.15) is 0 Å². The summed E-state index contributed by atoms with van der Waals surface area (Å²) in [6.07, 6.45) is 1.93. The van der Waals surface area contributed by atoms with E-state index in [-0.39, 0.29) is 11.5 Å². The number of hydrogen-bond donors (Lipinski definition) is 1. The Morgan fingerprint density at radius 2 is 2.13 bits per heavy atom. The van der Waals surface area contributed by atoms with Crippen LogP contribution in [0.25, 0.3) is 0 Å². The van der Waals surface area contributed by atoms with Gasteiger partial charge in [0.05, 0.1) is 11.8 Å². The molecule has 86 valence electrons. The van der Waals surface area contributed by atoms with Gasteiger partial charge >= 0.3 is 0 Å². The molecule has 1 aromatic rings. The van der Waals surface area contributed by atoms with Crippen molar-refractivity contribution in [1.29, 1.82) is 0 Å². The summed E-state index contributed by atoms with van der Waals surface area (Å²) in [5, 5.41) is 4.48. The highest BCUT2D eigenvalue weighted by Gasteiger charge is 2.25. The summed E-state index contributed by atoms with van der Waals surface area (Å²) >= 11 is 0. The minimum absolute atomic E-state index is 0.0164. The molecule has 1 aromatic heterocycles. The Hall–Kier alpha value is -0.870. The second-order valence-electron chi connectivity index (χ2n) is 4.82. The predicted octanol–water partition coefficient (Wildman–Crippen LogP) is 1.36. The lowest BCUT2D eigenvalue weighted by molar-refractivity contribution is 0.109. The van der Waals surface area contributed by atoms with E-state index in [2.05, 4.69) is 25.9 Å².